The van der Waals surface area contributed by atoms with Gasteiger partial charge in [-0.3, -0.25) is 14.5 Å². The van der Waals surface area contributed by atoms with E-state index in [9.17, 15) is 19.8 Å². The number of carboxylic acid groups (broad SMARTS) is 1. The summed E-state index contributed by atoms with van der Waals surface area (Å²) < 4.78 is 0. The van der Waals surface area contributed by atoms with Gasteiger partial charge in [-0.2, -0.15) is 0 Å². The molecular formula is C26H29N3O4S2. The number of hydrogen-bond acceptors (Lipinski definition) is 7. The maximum Gasteiger partial charge on any atom is 0.305 e. The molecule has 0 bridgehead atoms. The molecule has 2 N–H and O–H groups in total. The Hall–Kier alpha value is -3.04. The Labute approximate surface area is 213 Å². The van der Waals surface area contributed by atoms with E-state index >= 15 is 0 Å². The normalized spacial score (nSPS) is 17.9. The van der Waals surface area contributed by atoms with E-state index in [1.165, 1.54) is 23.1 Å². The monoisotopic (exact) mass is 511 g/mol. The molecule has 2 aromatic carbocycles. The first kappa shape index (κ1) is 25.1. The SMILES string of the molecule is Cc1cc(O)c(C(C)C)cc1-c1csc(N2C(=O)C(CC(=O)O)SC2c2ccc(N(C)C)cc2)n1. The van der Waals surface area contributed by atoms with Gasteiger partial charge in [-0.15, -0.1) is 23.1 Å². The number of carboxylic acids is 1. The molecule has 0 saturated carbocycles. The lowest BCUT2D eigenvalue weighted by Gasteiger charge is -2.22. The first-order valence-electron chi connectivity index (χ1n) is 11.3. The van der Waals surface area contributed by atoms with Gasteiger partial charge in [-0.25, -0.2) is 4.98 Å². The third kappa shape index (κ3) is 5.01. The minimum absolute atomic E-state index is 0.148. The van der Waals surface area contributed by atoms with Crippen LogP contribution in [-0.4, -0.2) is 46.4 Å². The Morgan fingerprint density at radius 3 is 2.49 bits per heavy atom. The zero-order valence-electron chi connectivity index (χ0n) is 20.3. The average molecular weight is 512 g/mol. The molecule has 1 fully saturated rings. The van der Waals surface area contributed by atoms with Gasteiger partial charge in [0.1, 0.15) is 11.1 Å². The van der Waals surface area contributed by atoms with Crippen LogP contribution in [-0.2, 0) is 9.59 Å². The van der Waals surface area contributed by atoms with Crippen LogP contribution in [0.25, 0.3) is 11.3 Å². The number of aliphatic carboxylic acids is 1. The molecule has 2 unspecified atom stereocenters. The molecule has 4 rings (SSSR count). The van der Waals surface area contributed by atoms with E-state index in [-0.39, 0.29) is 29.4 Å². The maximum atomic E-state index is 13.4. The minimum atomic E-state index is -1.000. The zero-order chi connectivity index (χ0) is 25.4. The van der Waals surface area contributed by atoms with Gasteiger partial charge in [-0.1, -0.05) is 26.0 Å². The first-order chi connectivity index (χ1) is 16.6. The third-order valence-electron chi connectivity index (χ3n) is 6.06. The number of amides is 1. The standard InChI is InChI=1S/C26H29N3O4S2/c1-14(2)18-11-19(15(3)10-21(18)30)20-13-34-26(27-20)29-24(33)22(12-23(31)32)35-25(29)16-6-8-17(9-7-16)28(4)5/h6-11,13-14,22,25,30H,12H2,1-5H3,(H,31,32). The fraction of sp³-hybridized carbons (Fsp3) is 0.346. The lowest BCUT2D eigenvalue weighted by Crippen LogP contribution is -2.31. The molecule has 7 nitrogen and oxygen atoms in total. The molecule has 1 aliphatic heterocycles. The van der Waals surface area contributed by atoms with Crippen LogP contribution >= 0.6 is 23.1 Å². The van der Waals surface area contributed by atoms with Crippen LogP contribution in [0.1, 0.15) is 48.3 Å². The van der Waals surface area contributed by atoms with E-state index in [1.807, 2.05) is 75.5 Å². The summed E-state index contributed by atoms with van der Waals surface area (Å²) >= 11 is 2.71. The van der Waals surface area contributed by atoms with E-state index in [2.05, 4.69) is 0 Å². The summed E-state index contributed by atoms with van der Waals surface area (Å²) in [6.45, 7) is 5.97. The number of anilines is 2. The van der Waals surface area contributed by atoms with Crippen LogP contribution in [0.15, 0.2) is 41.8 Å². The quantitative estimate of drug-likeness (QED) is 0.424. The largest absolute Gasteiger partial charge is 0.508 e. The second-order valence-electron chi connectivity index (χ2n) is 9.17. The van der Waals surface area contributed by atoms with Crippen molar-refractivity contribution in [1.29, 1.82) is 0 Å². The molecule has 9 heteroatoms. The van der Waals surface area contributed by atoms with Crippen molar-refractivity contribution < 1.29 is 19.8 Å². The predicted octanol–water partition coefficient (Wildman–Crippen LogP) is 5.64. The summed E-state index contributed by atoms with van der Waals surface area (Å²) in [5.41, 5.74) is 5.32. The molecule has 1 aromatic heterocycles. The minimum Gasteiger partial charge on any atom is -0.508 e. The lowest BCUT2D eigenvalue weighted by atomic mass is 9.95. The van der Waals surface area contributed by atoms with Crippen LogP contribution in [0.3, 0.4) is 0 Å². The number of aromatic hydroxyl groups is 1. The molecule has 35 heavy (non-hydrogen) atoms. The smallest absolute Gasteiger partial charge is 0.305 e. The molecule has 0 radical (unpaired) electrons. The first-order valence-corrected chi connectivity index (χ1v) is 13.2. The number of thiazole rings is 1. The number of nitrogens with zero attached hydrogens (tertiary/aromatic N) is 3. The Bertz CT molecular complexity index is 1250. The summed E-state index contributed by atoms with van der Waals surface area (Å²) in [6.07, 6.45) is -0.237. The maximum absolute atomic E-state index is 13.4. The molecular weight excluding hydrogens is 482 g/mol. The molecule has 0 aliphatic carbocycles. The highest BCUT2D eigenvalue weighted by molar-refractivity contribution is 8.01. The fourth-order valence-corrected chi connectivity index (χ4v) is 6.49. The van der Waals surface area contributed by atoms with E-state index in [0.717, 1.165) is 33.6 Å². The summed E-state index contributed by atoms with van der Waals surface area (Å²) in [4.78, 5) is 33.2. The molecule has 3 aromatic rings. The van der Waals surface area contributed by atoms with Gasteiger partial charge in [0.25, 0.3) is 0 Å². The van der Waals surface area contributed by atoms with Crippen molar-refractivity contribution in [2.24, 2.45) is 0 Å². The molecule has 1 saturated heterocycles. The van der Waals surface area contributed by atoms with Gasteiger partial charge < -0.3 is 15.1 Å². The second kappa shape index (κ2) is 9.91. The van der Waals surface area contributed by atoms with Crippen LogP contribution < -0.4 is 9.80 Å². The molecule has 2 heterocycles. The van der Waals surface area contributed by atoms with Crippen molar-refractivity contribution in [2.75, 3.05) is 23.9 Å². The van der Waals surface area contributed by atoms with E-state index in [0.29, 0.717) is 5.13 Å². The van der Waals surface area contributed by atoms with Gasteiger partial charge in [0.2, 0.25) is 5.91 Å². The van der Waals surface area contributed by atoms with E-state index in [4.69, 9.17) is 4.98 Å². The highest BCUT2D eigenvalue weighted by Crippen LogP contribution is 2.48. The van der Waals surface area contributed by atoms with Crippen molar-refractivity contribution in [3.63, 3.8) is 0 Å². The lowest BCUT2D eigenvalue weighted by molar-refractivity contribution is -0.138. The topological polar surface area (TPSA) is 94.0 Å². The highest BCUT2D eigenvalue weighted by atomic mass is 32.2. The number of rotatable bonds is 7. The second-order valence-corrected chi connectivity index (χ2v) is 11.3. The van der Waals surface area contributed by atoms with Crippen molar-refractivity contribution >= 4 is 45.8 Å². The number of phenols is 1. The van der Waals surface area contributed by atoms with Gasteiger partial charge in [0.15, 0.2) is 5.13 Å². The number of aryl methyl sites for hydroxylation is 1. The number of benzene rings is 2. The van der Waals surface area contributed by atoms with Crippen molar-refractivity contribution in [2.45, 2.75) is 43.7 Å². The van der Waals surface area contributed by atoms with E-state index < -0.39 is 11.2 Å². The fourth-order valence-electron chi connectivity index (χ4n) is 4.15. The van der Waals surface area contributed by atoms with Crippen LogP contribution in [0, 0.1) is 6.92 Å². The number of hydrogen-bond donors (Lipinski definition) is 2. The number of thioether (sulfide) groups is 1. The molecule has 2 atom stereocenters. The highest BCUT2D eigenvalue weighted by Gasteiger charge is 2.44. The Morgan fingerprint density at radius 1 is 1.20 bits per heavy atom. The van der Waals surface area contributed by atoms with Crippen LogP contribution in [0.5, 0.6) is 5.75 Å². The molecule has 1 amide bonds. The summed E-state index contributed by atoms with van der Waals surface area (Å²) in [7, 11) is 3.93. The number of phenolic OH excluding ortho intramolecular Hbond substituents is 1. The predicted molar refractivity (Wildman–Crippen MR) is 143 cm³/mol. The Morgan fingerprint density at radius 2 is 1.89 bits per heavy atom. The molecule has 1 aliphatic rings. The Kier molecular flexibility index (Phi) is 7.10. The summed E-state index contributed by atoms with van der Waals surface area (Å²) in [5.74, 6) is -0.832. The molecule has 0 spiro atoms. The third-order valence-corrected chi connectivity index (χ3v) is 8.34. The van der Waals surface area contributed by atoms with Crippen molar-refractivity contribution in [3.05, 3.63) is 58.5 Å². The average Bonchev–Trinajstić information content (AvgIpc) is 3.38. The molecule has 184 valence electrons. The zero-order valence-corrected chi connectivity index (χ0v) is 22.0. The van der Waals surface area contributed by atoms with Crippen molar-refractivity contribution in [3.8, 4) is 17.0 Å². The van der Waals surface area contributed by atoms with Gasteiger partial charge in [0, 0.05) is 30.7 Å². The number of aromatic nitrogens is 1. The van der Waals surface area contributed by atoms with Gasteiger partial charge in [-0.05, 0) is 53.8 Å². The van der Waals surface area contributed by atoms with Crippen molar-refractivity contribution in [1.82, 2.24) is 4.98 Å². The van der Waals surface area contributed by atoms with Crippen LogP contribution in [0.4, 0.5) is 10.8 Å². The van der Waals surface area contributed by atoms with Gasteiger partial charge in [0.05, 0.1) is 17.4 Å². The van der Waals surface area contributed by atoms with E-state index in [1.54, 1.807) is 11.0 Å². The van der Waals surface area contributed by atoms with Gasteiger partial charge >= 0.3 is 5.97 Å². The number of carbonyl (C=O) groups is 2. The summed E-state index contributed by atoms with van der Waals surface area (Å²) in [5, 5.41) is 21.1. The Balaban J connectivity index is 1.73. The van der Waals surface area contributed by atoms with Crippen LogP contribution in [0.2, 0.25) is 0 Å². The number of carbonyl (C=O) groups excluding carboxylic acids is 1. The summed E-state index contributed by atoms with van der Waals surface area (Å²) in [6, 6.07) is 11.6.